The molecule has 0 bridgehead atoms. The Hall–Kier alpha value is -3.48. The van der Waals surface area contributed by atoms with E-state index in [2.05, 4.69) is 15.4 Å². The summed E-state index contributed by atoms with van der Waals surface area (Å²) in [5, 5.41) is 7.13. The van der Waals surface area contributed by atoms with E-state index in [1.807, 2.05) is 43.5 Å². The van der Waals surface area contributed by atoms with Gasteiger partial charge in [-0.15, -0.1) is 0 Å². The maximum atomic E-state index is 13.0. The predicted octanol–water partition coefficient (Wildman–Crippen LogP) is 2.25. The molecule has 2 amide bonds. The molecule has 2 aromatic heterocycles. The van der Waals surface area contributed by atoms with Crippen LogP contribution in [-0.4, -0.2) is 37.5 Å². The predicted molar refractivity (Wildman–Crippen MR) is 103 cm³/mol. The molecule has 7 nitrogen and oxygen atoms in total. The van der Waals surface area contributed by atoms with Gasteiger partial charge in [0.25, 0.3) is 11.8 Å². The summed E-state index contributed by atoms with van der Waals surface area (Å²) in [6, 6.07) is 10.9. The summed E-state index contributed by atoms with van der Waals surface area (Å²) in [5.74, 6) is -0.354. The van der Waals surface area contributed by atoms with Gasteiger partial charge in [-0.05, 0) is 42.3 Å². The van der Waals surface area contributed by atoms with Crippen LogP contribution in [0.3, 0.4) is 0 Å². The van der Waals surface area contributed by atoms with Gasteiger partial charge < -0.3 is 10.2 Å². The van der Waals surface area contributed by atoms with Crippen LogP contribution in [0.5, 0.6) is 0 Å². The molecule has 142 valence electrons. The van der Waals surface area contributed by atoms with Gasteiger partial charge in [0.05, 0.1) is 17.7 Å². The molecule has 4 rings (SSSR count). The molecule has 7 heteroatoms. The first kappa shape index (κ1) is 17.9. The minimum Gasteiger partial charge on any atom is -0.348 e. The van der Waals surface area contributed by atoms with E-state index in [1.165, 1.54) is 0 Å². The van der Waals surface area contributed by atoms with Crippen LogP contribution in [-0.2, 0) is 19.6 Å². The fourth-order valence-corrected chi connectivity index (χ4v) is 3.48. The quantitative estimate of drug-likeness (QED) is 0.717. The molecule has 1 aromatic carbocycles. The van der Waals surface area contributed by atoms with Gasteiger partial charge in [-0.25, -0.2) is 0 Å². The number of pyridine rings is 1. The number of carbonyl (C=O) groups excluding carboxylic acids is 2. The molecule has 0 saturated carbocycles. The Morgan fingerprint density at radius 3 is 2.75 bits per heavy atom. The standard InChI is InChI=1S/C21H21N5O2/c1-15(12-26-11-3-8-23-26)24-20(27)18-5-2-4-17-14-25(21(28)19(17)18)13-16-6-9-22-10-7-16/h2-11,15H,12-14H2,1H3,(H,24,27). The Labute approximate surface area is 163 Å². The van der Waals surface area contributed by atoms with Crippen LogP contribution in [0.4, 0.5) is 0 Å². The molecule has 1 aliphatic heterocycles. The number of rotatable bonds is 6. The van der Waals surface area contributed by atoms with Gasteiger partial charge in [-0.2, -0.15) is 5.10 Å². The second kappa shape index (κ2) is 7.64. The summed E-state index contributed by atoms with van der Waals surface area (Å²) in [4.78, 5) is 31.6. The highest BCUT2D eigenvalue weighted by atomic mass is 16.2. The number of nitrogens with zero attached hydrogens (tertiary/aromatic N) is 4. The maximum absolute atomic E-state index is 13.0. The second-order valence-electron chi connectivity index (χ2n) is 6.96. The summed E-state index contributed by atoms with van der Waals surface area (Å²) < 4.78 is 1.77. The van der Waals surface area contributed by atoms with Crippen LogP contribution in [0.25, 0.3) is 0 Å². The Kier molecular flexibility index (Phi) is 4.89. The molecule has 0 aliphatic carbocycles. The van der Waals surface area contributed by atoms with Crippen molar-refractivity contribution in [3.8, 4) is 0 Å². The lowest BCUT2D eigenvalue weighted by molar-refractivity contribution is 0.0760. The Bertz CT molecular complexity index is 985. The monoisotopic (exact) mass is 375 g/mol. The Morgan fingerprint density at radius 1 is 1.18 bits per heavy atom. The van der Waals surface area contributed by atoms with Crippen molar-refractivity contribution in [1.82, 2.24) is 25.0 Å². The van der Waals surface area contributed by atoms with Crippen molar-refractivity contribution in [1.29, 1.82) is 0 Å². The van der Waals surface area contributed by atoms with E-state index in [1.54, 1.807) is 34.2 Å². The van der Waals surface area contributed by atoms with E-state index >= 15 is 0 Å². The zero-order valence-electron chi connectivity index (χ0n) is 15.6. The lowest BCUT2D eigenvalue weighted by Gasteiger charge is -2.16. The summed E-state index contributed by atoms with van der Waals surface area (Å²) >= 11 is 0. The normalized spacial score (nSPS) is 14.0. The molecule has 28 heavy (non-hydrogen) atoms. The zero-order chi connectivity index (χ0) is 19.5. The number of carbonyl (C=O) groups is 2. The summed E-state index contributed by atoms with van der Waals surface area (Å²) in [6.07, 6.45) is 6.98. The number of hydrogen-bond donors (Lipinski definition) is 1. The molecular formula is C21H21N5O2. The third-order valence-electron chi connectivity index (χ3n) is 4.78. The first-order chi connectivity index (χ1) is 13.6. The van der Waals surface area contributed by atoms with Gasteiger partial charge in [0.2, 0.25) is 0 Å². The molecule has 0 saturated heterocycles. The van der Waals surface area contributed by atoms with E-state index in [0.717, 1.165) is 11.1 Å². The molecule has 0 radical (unpaired) electrons. The number of amides is 2. The van der Waals surface area contributed by atoms with E-state index in [0.29, 0.717) is 30.8 Å². The molecule has 1 atom stereocenters. The minimum atomic E-state index is -0.240. The number of nitrogens with one attached hydrogen (secondary N) is 1. The highest BCUT2D eigenvalue weighted by molar-refractivity contribution is 6.09. The van der Waals surface area contributed by atoms with Crippen LogP contribution in [0.15, 0.2) is 61.2 Å². The van der Waals surface area contributed by atoms with Crippen molar-refractivity contribution >= 4 is 11.8 Å². The van der Waals surface area contributed by atoms with Gasteiger partial charge in [0, 0.05) is 43.9 Å². The first-order valence-electron chi connectivity index (χ1n) is 9.20. The lowest BCUT2D eigenvalue weighted by atomic mass is 10.0. The smallest absolute Gasteiger partial charge is 0.255 e. The number of benzene rings is 1. The average molecular weight is 375 g/mol. The van der Waals surface area contributed by atoms with Crippen molar-refractivity contribution in [2.75, 3.05) is 0 Å². The molecule has 0 fully saturated rings. The average Bonchev–Trinajstić information content (AvgIpc) is 3.31. The van der Waals surface area contributed by atoms with Crippen LogP contribution in [0.2, 0.25) is 0 Å². The number of hydrogen-bond acceptors (Lipinski definition) is 4. The van der Waals surface area contributed by atoms with Gasteiger partial charge in [-0.1, -0.05) is 12.1 Å². The highest BCUT2D eigenvalue weighted by Gasteiger charge is 2.31. The third kappa shape index (κ3) is 3.64. The van der Waals surface area contributed by atoms with E-state index in [4.69, 9.17) is 0 Å². The van der Waals surface area contributed by atoms with Gasteiger partial charge in [0.15, 0.2) is 0 Å². The van der Waals surface area contributed by atoms with Crippen molar-refractivity contribution in [3.05, 3.63) is 83.4 Å². The van der Waals surface area contributed by atoms with E-state index in [-0.39, 0.29) is 17.9 Å². The molecule has 0 spiro atoms. The van der Waals surface area contributed by atoms with Crippen molar-refractivity contribution in [3.63, 3.8) is 0 Å². The highest BCUT2D eigenvalue weighted by Crippen LogP contribution is 2.27. The third-order valence-corrected chi connectivity index (χ3v) is 4.78. The van der Waals surface area contributed by atoms with Gasteiger partial charge in [-0.3, -0.25) is 19.3 Å². The topological polar surface area (TPSA) is 80.1 Å². The maximum Gasteiger partial charge on any atom is 0.255 e. The van der Waals surface area contributed by atoms with E-state index < -0.39 is 0 Å². The molecular weight excluding hydrogens is 354 g/mol. The Morgan fingerprint density at radius 2 is 2.00 bits per heavy atom. The summed E-state index contributed by atoms with van der Waals surface area (Å²) in [6.45, 7) is 3.48. The molecule has 1 unspecified atom stereocenters. The fraction of sp³-hybridized carbons (Fsp3) is 0.238. The number of aromatic nitrogens is 3. The zero-order valence-corrected chi connectivity index (χ0v) is 15.6. The van der Waals surface area contributed by atoms with Crippen molar-refractivity contribution in [2.24, 2.45) is 0 Å². The van der Waals surface area contributed by atoms with Crippen molar-refractivity contribution in [2.45, 2.75) is 32.6 Å². The van der Waals surface area contributed by atoms with Gasteiger partial charge >= 0.3 is 0 Å². The van der Waals surface area contributed by atoms with Crippen molar-refractivity contribution < 1.29 is 9.59 Å². The van der Waals surface area contributed by atoms with Crippen LogP contribution in [0.1, 0.15) is 38.8 Å². The van der Waals surface area contributed by atoms with Gasteiger partial charge in [0.1, 0.15) is 0 Å². The molecule has 3 heterocycles. The molecule has 3 aromatic rings. The number of fused-ring (bicyclic) bond motifs is 1. The Balaban J connectivity index is 1.50. The summed E-state index contributed by atoms with van der Waals surface area (Å²) in [5.41, 5.74) is 2.81. The van der Waals surface area contributed by atoms with Crippen LogP contribution < -0.4 is 5.32 Å². The molecule has 1 aliphatic rings. The van der Waals surface area contributed by atoms with Crippen LogP contribution in [0, 0.1) is 0 Å². The fourth-order valence-electron chi connectivity index (χ4n) is 3.48. The SMILES string of the molecule is CC(Cn1cccn1)NC(=O)c1cccc2c1C(=O)N(Cc1ccncc1)C2. The minimum absolute atomic E-state index is 0.114. The molecule has 1 N–H and O–H groups in total. The summed E-state index contributed by atoms with van der Waals surface area (Å²) in [7, 11) is 0. The first-order valence-corrected chi connectivity index (χ1v) is 9.20. The van der Waals surface area contributed by atoms with Crippen LogP contribution >= 0.6 is 0 Å². The largest absolute Gasteiger partial charge is 0.348 e. The second-order valence-corrected chi connectivity index (χ2v) is 6.96. The lowest BCUT2D eigenvalue weighted by Crippen LogP contribution is -2.36. The van der Waals surface area contributed by atoms with E-state index in [9.17, 15) is 9.59 Å².